The molecule has 3 rings (SSSR count). The molecule has 9 heteroatoms. The Morgan fingerprint density at radius 1 is 1.17 bits per heavy atom. The van der Waals surface area contributed by atoms with Crippen LogP contribution in [0.2, 0.25) is 0 Å². The summed E-state index contributed by atoms with van der Waals surface area (Å²) in [7, 11) is -3.09. The Hall–Kier alpha value is -2.78. The summed E-state index contributed by atoms with van der Waals surface area (Å²) in [5, 5.41) is 3.58. The maximum absolute atomic E-state index is 13.3. The van der Waals surface area contributed by atoms with Crippen LogP contribution in [0, 0.1) is 0 Å². The number of aromatic nitrogens is 3. The largest absolute Gasteiger partial charge is 0.494 e. The lowest BCUT2D eigenvalue weighted by Gasteiger charge is -2.19. The highest BCUT2D eigenvalue weighted by Crippen LogP contribution is 2.19. The predicted molar refractivity (Wildman–Crippen MR) is 117 cm³/mol. The zero-order valence-corrected chi connectivity index (χ0v) is 18.1. The highest BCUT2D eigenvalue weighted by Gasteiger charge is 2.19. The molecule has 160 valence electrons. The standard InChI is InChI=1S/C21H26N4O4S/c1-4-29-17-10-8-16(9-11-17)25-20(15(3)22-13-14-30(27,28)5-2)24-19-18(21(25)26)7-6-12-23-19/h6-12,15,22H,4-5,13-14H2,1-3H3/t15-/m1/s1. The maximum atomic E-state index is 13.3. The topological polar surface area (TPSA) is 103 Å². The van der Waals surface area contributed by atoms with Gasteiger partial charge >= 0.3 is 0 Å². The molecule has 1 aromatic carbocycles. The molecule has 3 aromatic rings. The molecule has 0 aliphatic rings. The number of sulfone groups is 1. The van der Waals surface area contributed by atoms with E-state index in [0.29, 0.717) is 34.9 Å². The minimum atomic E-state index is -3.09. The highest BCUT2D eigenvalue weighted by molar-refractivity contribution is 7.91. The van der Waals surface area contributed by atoms with Gasteiger partial charge in [-0.2, -0.15) is 0 Å². The van der Waals surface area contributed by atoms with Gasteiger partial charge in [-0.15, -0.1) is 0 Å². The van der Waals surface area contributed by atoms with E-state index < -0.39 is 9.84 Å². The molecule has 8 nitrogen and oxygen atoms in total. The van der Waals surface area contributed by atoms with Gasteiger partial charge in [0.25, 0.3) is 5.56 Å². The Bertz CT molecular complexity index is 1170. The molecule has 0 fully saturated rings. The van der Waals surface area contributed by atoms with Crippen molar-refractivity contribution in [2.75, 3.05) is 24.7 Å². The molecule has 0 unspecified atom stereocenters. The fourth-order valence-electron chi connectivity index (χ4n) is 3.10. The van der Waals surface area contributed by atoms with E-state index in [-0.39, 0.29) is 29.7 Å². The third-order valence-electron chi connectivity index (χ3n) is 4.77. The summed E-state index contributed by atoms with van der Waals surface area (Å²) in [5.41, 5.74) is 0.767. The van der Waals surface area contributed by atoms with Crippen molar-refractivity contribution in [1.82, 2.24) is 19.9 Å². The highest BCUT2D eigenvalue weighted by atomic mass is 32.2. The van der Waals surface area contributed by atoms with Crippen LogP contribution in [0.25, 0.3) is 16.7 Å². The van der Waals surface area contributed by atoms with Crippen LogP contribution < -0.4 is 15.6 Å². The Morgan fingerprint density at radius 3 is 2.57 bits per heavy atom. The summed E-state index contributed by atoms with van der Waals surface area (Å²) < 4.78 is 30.6. The summed E-state index contributed by atoms with van der Waals surface area (Å²) in [6.45, 7) is 6.19. The van der Waals surface area contributed by atoms with Gasteiger partial charge < -0.3 is 10.1 Å². The van der Waals surface area contributed by atoms with Crippen LogP contribution in [0.4, 0.5) is 0 Å². The van der Waals surface area contributed by atoms with Crippen molar-refractivity contribution < 1.29 is 13.2 Å². The van der Waals surface area contributed by atoms with E-state index in [1.165, 1.54) is 4.57 Å². The zero-order chi connectivity index (χ0) is 21.7. The van der Waals surface area contributed by atoms with Gasteiger partial charge in [0.05, 0.1) is 29.5 Å². The van der Waals surface area contributed by atoms with Gasteiger partial charge in [-0.05, 0) is 50.2 Å². The normalized spacial score (nSPS) is 12.8. The fraction of sp³-hybridized carbons (Fsp3) is 0.381. The van der Waals surface area contributed by atoms with E-state index in [1.807, 2.05) is 13.8 Å². The number of rotatable bonds is 9. The van der Waals surface area contributed by atoms with Gasteiger partial charge in [-0.1, -0.05) is 6.92 Å². The lowest BCUT2D eigenvalue weighted by Crippen LogP contribution is -2.32. The van der Waals surface area contributed by atoms with Crippen LogP contribution in [-0.2, 0) is 9.84 Å². The van der Waals surface area contributed by atoms with E-state index in [1.54, 1.807) is 49.5 Å². The maximum Gasteiger partial charge on any atom is 0.267 e. The smallest absolute Gasteiger partial charge is 0.267 e. The number of hydrogen-bond acceptors (Lipinski definition) is 7. The number of nitrogens with zero attached hydrogens (tertiary/aromatic N) is 3. The number of nitrogens with one attached hydrogen (secondary N) is 1. The first-order valence-electron chi connectivity index (χ1n) is 9.91. The Kier molecular flexibility index (Phi) is 6.84. The first-order chi connectivity index (χ1) is 14.4. The van der Waals surface area contributed by atoms with E-state index in [2.05, 4.69) is 15.3 Å². The third kappa shape index (κ3) is 4.85. The van der Waals surface area contributed by atoms with Crippen molar-refractivity contribution in [3.63, 3.8) is 0 Å². The second-order valence-corrected chi connectivity index (χ2v) is 9.30. The molecule has 1 N–H and O–H groups in total. The average molecular weight is 431 g/mol. The minimum absolute atomic E-state index is 0.0208. The molecular weight excluding hydrogens is 404 g/mol. The monoisotopic (exact) mass is 430 g/mol. The zero-order valence-electron chi connectivity index (χ0n) is 17.3. The van der Waals surface area contributed by atoms with Crippen molar-refractivity contribution in [2.24, 2.45) is 0 Å². The number of ether oxygens (including phenoxy) is 1. The summed E-state index contributed by atoms with van der Waals surface area (Å²) in [5.74, 6) is 1.29. The second kappa shape index (κ2) is 9.36. The van der Waals surface area contributed by atoms with Gasteiger partial charge in [-0.3, -0.25) is 9.36 Å². The Labute approximate surface area is 175 Å². The molecular formula is C21H26N4O4S. The molecule has 0 aliphatic carbocycles. The second-order valence-electron chi connectivity index (χ2n) is 6.82. The van der Waals surface area contributed by atoms with Crippen molar-refractivity contribution in [1.29, 1.82) is 0 Å². The van der Waals surface area contributed by atoms with Crippen LogP contribution in [0.1, 0.15) is 32.6 Å². The number of hydrogen-bond donors (Lipinski definition) is 1. The van der Waals surface area contributed by atoms with Gasteiger partial charge in [0.1, 0.15) is 11.6 Å². The first-order valence-corrected chi connectivity index (χ1v) is 11.7. The van der Waals surface area contributed by atoms with Crippen molar-refractivity contribution in [3.05, 3.63) is 58.8 Å². The van der Waals surface area contributed by atoms with Crippen molar-refractivity contribution in [3.8, 4) is 11.4 Å². The Balaban J connectivity index is 2.03. The lowest BCUT2D eigenvalue weighted by molar-refractivity contribution is 0.340. The average Bonchev–Trinajstić information content (AvgIpc) is 2.74. The number of benzene rings is 1. The summed E-state index contributed by atoms with van der Waals surface area (Å²) in [6.07, 6.45) is 1.59. The Morgan fingerprint density at radius 2 is 1.90 bits per heavy atom. The molecule has 2 aromatic heterocycles. The van der Waals surface area contributed by atoms with Crippen LogP contribution in [0.3, 0.4) is 0 Å². The fourth-order valence-corrected chi connectivity index (χ4v) is 3.82. The SMILES string of the molecule is CCOc1ccc(-n2c([C@@H](C)NCCS(=O)(=O)CC)nc3ncccc3c2=O)cc1. The van der Waals surface area contributed by atoms with Gasteiger partial charge in [0.15, 0.2) is 15.5 Å². The molecule has 0 radical (unpaired) electrons. The lowest BCUT2D eigenvalue weighted by atomic mass is 10.2. The first kappa shape index (κ1) is 21.9. The molecule has 0 saturated heterocycles. The van der Waals surface area contributed by atoms with Gasteiger partial charge in [0.2, 0.25) is 0 Å². The van der Waals surface area contributed by atoms with E-state index >= 15 is 0 Å². The molecule has 2 heterocycles. The van der Waals surface area contributed by atoms with E-state index in [9.17, 15) is 13.2 Å². The van der Waals surface area contributed by atoms with E-state index in [4.69, 9.17) is 4.74 Å². The third-order valence-corrected chi connectivity index (χ3v) is 6.47. The van der Waals surface area contributed by atoms with Crippen LogP contribution >= 0.6 is 0 Å². The number of fused-ring (bicyclic) bond motifs is 1. The molecule has 1 atom stereocenters. The van der Waals surface area contributed by atoms with Gasteiger partial charge in [-0.25, -0.2) is 18.4 Å². The summed E-state index contributed by atoms with van der Waals surface area (Å²) in [6, 6.07) is 10.2. The molecule has 0 spiro atoms. The molecule has 0 aliphatic heterocycles. The summed E-state index contributed by atoms with van der Waals surface area (Å²) in [4.78, 5) is 22.1. The van der Waals surface area contributed by atoms with Crippen LogP contribution in [-0.4, -0.2) is 47.6 Å². The van der Waals surface area contributed by atoms with Crippen LogP contribution in [0.15, 0.2) is 47.4 Å². The molecule has 0 saturated carbocycles. The molecule has 0 bridgehead atoms. The number of pyridine rings is 1. The van der Waals surface area contributed by atoms with Crippen LogP contribution in [0.5, 0.6) is 5.75 Å². The molecule has 30 heavy (non-hydrogen) atoms. The van der Waals surface area contributed by atoms with Crippen molar-refractivity contribution in [2.45, 2.75) is 26.8 Å². The van der Waals surface area contributed by atoms with E-state index in [0.717, 1.165) is 0 Å². The van der Waals surface area contributed by atoms with Crippen molar-refractivity contribution >= 4 is 20.9 Å². The van der Waals surface area contributed by atoms with Gasteiger partial charge in [0, 0.05) is 18.5 Å². The summed E-state index contributed by atoms with van der Waals surface area (Å²) >= 11 is 0. The molecule has 0 amide bonds. The quantitative estimate of drug-likeness (QED) is 0.555. The minimum Gasteiger partial charge on any atom is -0.494 e. The predicted octanol–water partition coefficient (Wildman–Crippen LogP) is 2.26.